The topological polar surface area (TPSA) is 64.4 Å². The lowest BCUT2D eigenvalue weighted by Gasteiger charge is -2.27. The summed E-state index contributed by atoms with van der Waals surface area (Å²) in [5.74, 6) is -1.27. The first kappa shape index (κ1) is 14.2. The number of hydrogen-bond donors (Lipinski definition) is 1. The van der Waals surface area contributed by atoms with Crippen molar-refractivity contribution in [2.45, 2.75) is 12.5 Å². The van der Waals surface area contributed by atoms with E-state index < -0.39 is 22.2 Å². The van der Waals surface area contributed by atoms with Gasteiger partial charge >= 0.3 is 5.69 Å². The first-order valence-electron chi connectivity index (χ1n) is 6.68. The van der Waals surface area contributed by atoms with E-state index in [-0.39, 0.29) is 24.1 Å². The second-order valence-electron chi connectivity index (χ2n) is 4.89. The number of rotatable bonds is 3. The molecule has 0 amide bonds. The predicted molar refractivity (Wildman–Crippen MR) is 75.9 cm³/mol. The van der Waals surface area contributed by atoms with Crippen molar-refractivity contribution in [3.05, 3.63) is 63.7 Å². The molecule has 0 bridgehead atoms. The lowest BCUT2D eigenvalue weighted by molar-refractivity contribution is -0.386. The smallest absolute Gasteiger partial charge is 0.327 e. The van der Waals surface area contributed by atoms with Crippen molar-refractivity contribution in [1.29, 1.82) is 0 Å². The van der Waals surface area contributed by atoms with Crippen LogP contribution >= 0.6 is 0 Å². The van der Waals surface area contributed by atoms with Crippen molar-refractivity contribution in [1.82, 2.24) is 0 Å². The number of hydrogen-bond acceptors (Lipinski definition) is 4. The van der Waals surface area contributed by atoms with E-state index >= 15 is 0 Å². The average Bonchev–Trinajstić information content (AvgIpc) is 2.48. The Hall–Kier alpha value is -2.70. The number of halogens is 2. The number of para-hydroxylation sites is 2. The van der Waals surface area contributed by atoms with Crippen LogP contribution in [-0.4, -0.2) is 11.5 Å². The molecule has 1 N–H and O–H groups in total. The maximum absolute atomic E-state index is 13.7. The van der Waals surface area contributed by atoms with Gasteiger partial charge in [0.05, 0.1) is 17.6 Å². The molecule has 0 fully saturated rings. The van der Waals surface area contributed by atoms with Crippen molar-refractivity contribution in [3.8, 4) is 5.75 Å². The van der Waals surface area contributed by atoms with Gasteiger partial charge in [-0.2, -0.15) is 4.39 Å². The molecule has 0 aromatic heterocycles. The normalized spacial score (nSPS) is 16.5. The van der Waals surface area contributed by atoms with Gasteiger partial charge in [-0.3, -0.25) is 10.1 Å². The maximum atomic E-state index is 13.7. The third-order valence-electron chi connectivity index (χ3n) is 3.52. The fraction of sp³-hybridized carbons (Fsp3) is 0.200. The second kappa shape index (κ2) is 5.59. The van der Waals surface area contributed by atoms with Gasteiger partial charge < -0.3 is 10.1 Å². The number of benzene rings is 2. The van der Waals surface area contributed by atoms with Gasteiger partial charge in [-0.05, 0) is 18.2 Å². The largest absolute Gasteiger partial charge is 0.490 e. The van der Waals surface area contributed by atoms with Crippen LogP contribution in [0.4, 0.5) is 20.2 Å². The summed E-state index contributed by atoms with van der Waals surface area (Å²) in [4.78, 5) is 10.3. The molecule has 2 aromatic carbocycles. The van der Waals surface area contributed by atoms with Gasteiger partial charge in [0.15, 0.2) is 11.6 Å². The van der Waals surface area contributed by atoms with Crippen LogP contribution in [0.2, 0.25) is 0 Å². The summed E-state index contributed by atoms with van der Waals surface area (Å²) in [5, 5.41) is 14.0. The number of ether oxygens (including phenoxy) is 1. The van der Waals surface area contributed by atoms with Crippen molar-refractivity contribution in [2.24, 2.45) is 0 Å². The lowest BCUT2D eigenvalue weighted by atomic mass is 9.99. The highest BCUT2D eigenvalue weighted by molar-refractivity contribution is 5.63. The van der Waals surface area contributed by atoms with Crippen LogP contribution in [0.15, 0.2) is 36.4 Å². The molecule has 0 aliphatic carbocycles. The Bertz CT molecular complexity index is 737. The molecule has 1 aliphatic rings. The number of nitro benzene ring substituents is 1. The first-order chi connectivity index (χ1) is 10.6. The standard InChI is InChI=1S/C15H12F2N2O3/c16-10-4-2-6-13(14(10)19(20)21)18-12-7-8-22-15-9(12)3-1-5-11(15)17/h1-6,12,18H,7-8H2/t12-/m0/s1. The van der Waals surface area contributed by atoms with E-state index in [1.54, 1.807) is 6.07 Å². The van der Waals surface area contributed by atoms with Gasteiger partial charge in [0.1, 0.15) is 5.69 Å². The maximum Gasteiger partial charge on any atom is 0.327 e. The Labute approximate surface area is 124 Å². The molecule has 3 rings (SSSR count). The summed E-state index contributed by atoms with van der Waals surface area (Å²) < 4.78 is 32.7. The Morgan fingerprint density at radius 1 is 1.18 bits per heavy atom. The van der Waals surface area contributed by atoms with Crippen molar-refractivity contribution in [3.63, 3.8) is 0 Å². The van der Waals surface area contributed by atoms with Crippen LogP contribution in [0, 0.1) is 21.7 Å². The molecule has 114 valence electrons. The zero-order valence-electron chi connectivity index (χ0n) is 11.4. The van der Waals surface area contributed by atoms with Crippen LogP contribution < -0.4 is 10.1 Å². The fourth-order valence-corrected chi connectivity index (χ4v) is 2.54. The average molecular weight is 306 g/mol. The Kier molecular flexibility index (Phi) is 3.62. The number of fused-ring (bicyclic) bond motifs is 1. The summed E-state index contributed by atoms with van der Waals surface area (Å²) in [6.07, 6.45) is 0.490. The summed E-state index contributed by atoms with van der Waals surface area (Å²) >= 11 is 0. The van der Waals surface area contributed by atoms with Gasteiger partial charge in [-0.1, -0.05) is 18.2 Å². The minimum absolute atomic E-state index is 0.0621. The number of nitro groups is 1. The molecule has 2 aromatic rings. The number of anilines is 1. The van der Waals surface area contributed by atoms with Crippen LogP contribution in [0.1, 0.15) is 18.0 Å². The molecule has 22 heavy (non-hydrogen) atoms. The molecule has 0 spiro atoms. The third kappa shape index (κ3) is 2.45. The van der Waals surface area contributed by atoms with E-state index in [2.05, 4.69) is 5.32 Å². The van der Waals surface area contributed by atoms with E-state index in [9.17, 15) is 18.9 Å². The molecule has 5 nitrogen and oxygen atoms in total. The molecular formula is C15H12F2N2O3. The summed E-state index contributed by atoms with van der Waals surface area (Å²) in [7, 11) is 0. The molecule has 0 saturated carbocycles. The number of nitrogens with zero attached hydrogens (tertiary/aromatic N) is 1. The fourth-order valence-electron chi connectivity index (χ4n) is 2.54. The molecule has 1 heterocycles. The van der Waals surface area contributed by atoms with Crippen molar-refractivity contribution >= 4 is 11.4 Å². The third-order valence-corrected chi connectivity index (χ3v) is 3.52. The molecule has 0 unspecified atom stereocenters. The van der Waals surface area contributed by atoms with E-state index in [0.29, 0.717) is 12.0 Å². The van der Waals surface area contributed by atoms with Gasteiger partial charge in [-0.25, -0.2) is 4.39 Å². The highest BCUT2D eigenvalue weighted by Crippen LogP contribution is 2.38. The van der Waals surface area contributed by atoms with E-state index in [1.807, 2.05) is 0 Å². The van der Waals surface area contributed by atoms with Crippen molar-refractivity contribution in [2.75, 3.05) is 11.9 Å². The minimum Gasteiger partial charge on any atom is -0.490 e. The lowest BCUT2D eigenvalue weighted by Crippen LogP contribution is -2.21. The molecule has 7 heteroatoms. The van der Waals surface area contributed by atoms with Crippen molar-refractivity contribution < 1.29 is 18.4 Å². The molecule has 0 radical (unpaired) electrons. The van der Waals surface area contributed by atoms with Gasteiger partial charge in [0.2, 0.25) is 5.82 Å². The van der Waals surface area contributed by atoms with Crippen LogP contribution in [0.5, 0.6) is 5.75 Å². The molecule has 1 atom stereocenters. The van der Waals surface area contributed by atoms with Gasteiger partial charge in [-0.15, -0.1) is 0 Å². The van der Waals surface area contributed by atoms with Crippen LogP contribution in [0.25, 0.3) is 0 Å². The quantitative estimate of drug-likeness (QED) is 0.692. The summed E-state index contributed by atoms with van der Waals surface area (Å²) in [6.45, 7) is 0.273. The van der Waals surface area contributed by atoms with E-state index in [0.717, 1.165) is 6.07 Å². The SMILES string of the molecule is O=[N+]([O-])c1c(F)cccc1N[C@H]1CCOc2c(F)cccc21. The predicted octanol–water partition coefficient (Wildman–Crippen LogP) is 3.81. The minimum atomic E-state index is -0.915. The highest BCUT2D eigenvalue weighted by atomic mass is 19.1. The monoisotopic (exact) mass is 306 g/mol. The summed E-state index contributed by atoms with van der Waals surface area (Å²) in [6, 6.07) is 7.96. The van der Waals surface area contributed by atoms with E-state index in [4.69, 9.17) is 4.74 Å². The highest BCUT2D eigenvalue weighted by Gasteiger charge is 2.27. The Balaban J connectivity index is 1.98. The van der Waals surface area contributed by atoms with Gasteiger partial charge in [0, 0.05) is 12.0 Å². The zero-order valence-corrected chi connectivity index (χ0v) is 11.4. The first-order valence-corrected chi connectivity index (χ1v) is 6.68. The van der Waals surface area contributed by atoms with Gasteiger partial charge in [0.25, 0.3) is 0 Å². The Morgan fingerprint density at radius 3 is 2.68 bits per heavy atom. The van der Waals surface area contributed by atoms with Crippen LogP contribution in [-0.2, 0) is 0 Å². The second-order valence-corrected chi connectivity index (χ2v) is 4.89. The van der Waals surface area contributed by atoms with Crippen LogP contribution in [0.3, 0.4) is 0 Å². The summed E-state index contributed by atoms with van der Waals surface area (Å²) in [5.41, 5.74) is 0.00358. The molecule has 0 saturated heterocycles. The molecule has 1 aliphatic heterocycles. The Morgan fingerprint density at radius 2 is 1.91 bits per heavy atom. The molecular weight excluding hydrogens is 294 g/mol. The number of nitrogens with one attached hydrogen (secondary N) is 1. The van der Waals surface area contributed by atoms with E-state index in [1.165, 1.54) is 24.3 Å². The zero-order chi connectivity index (χ0) is 15.7.